The van der Waals surface area contributed by atoms with E-state index in [0.717, 1.165) is 43.9 Å². The Bertz CT molecular complexity index is 637. The number of carbonyl (C=O) groups is 1. The fraction of sp³-hybridized carbons (Fsp3) is 0.500. The van der Waals surface area contributed by atoms with Crippen LogP contribution in [0.15, 0.2) is 36.8 Å². The number of carbonyl (C=O) groups excluding carboxylic acids is 1. The lowest BCUT2D eigenvalue weighted by molar-refractivity contribution is -0.133. The lowest BCUT2D eigenvalue weighted by Gasteiger charge is -2.33. The monoisotopic (exact) mass is 312 g/mol. The predicted octanol–water partition coefficient (Wildman–Crippen LogP) is 2.32. The van der Waals surface area contributed by atoms with Crippen molar-refractivity contribution in [2.24, 2.45) is 5.92 Å². The molecule has 1 fully saturated rings. The van der Waals surface area contributed by atoms with Crippen molar-refractivity contribution in [1.29, 1.82) is 0 Å². The number of rotatable bonds is 5. The quantitative estimate of drug-likeness (QED) is 0.851. The largest absolute Gasteiger partial charge is 0.341 e. The van der Waals surface area contributed by atoms with Gasteiger partial charge < -0.3 is 9.47 Å². The molecule has 1 atom stereocenters. The van der Waals surface area contributed by atoms with Crippen LogP contribution in [-0.4, -0.2) is 38.4 Å². The molecule has 122 valence electrons. The van der Waals surface area contributed by atoms with Crippen molar-refractivity contribution in [3.63, 3.8) is 0 Å². The molecule has 5 nitrogen and oxygen atoms in total. The summed E-state index contributed by atoms with van der Waals surface area (Å²) in [7, 11) is 0. The lowest BCUT2D eigenvalue weighted by Crippen LogP contribution is -2.42. The molecule has 1 aliphatic rings. The second-order valence-corrected chi connectivity index (χ2v) is 6.20. The van der Waals surface area contributed by atoms with Gasteiger partial charge in [0.1, 0.15) is 12.4 Å². The van der Waals surface area contributed by atoms with Crippen molar-refractivity contribution in [3.8, 4) is 0 Å². The maximum absolute atomic E-state index is 12.6. The first-order chi connectivity index (χ1) is 11.3. The van der Waals surface area contributed by atoms with Gasteiger partial charge in [-0.1, -0.05) is 13.0 Å². The highest BCUT2D eigenvalue weighted by atomic mass is 16.2. The van der Waals surface area contributed by atoms with Gasteiger partial charge in [0.05, 0.1) is 0 Å². The molecule has 1 saturated heterocycles. The van der Waals surface area contributed by atoms with Crippen LogP contribution in [0, 0.1) is 5.92 Å². The summed E-state index contributed by atoms with van der Waals surface area (Å²) in [6.45, 7) is 4.17. The zero-order valence-electron chi connectivity index (χ0n) is 13.7. The Labute approximate surface area is 137 Å². The molecule has 2 aromatic rings. The van der Waals surface area contributed by atoms with E-state index < -0.39 is 0 Å². The summed E-state index contributed by atoms with van der Waals surface area (Å²) in [6.07, 6.45) is 9.56. The molecule has 0 aromatic carbocycles. The molecule has 0 aliphatic carbocycles. The summed E-state index contributed by atoms with van der Waals surface area (Å²) in [5, 5.41) is 0. The number of imidazole rings is 1. The second-order valence-electron chi connectivity index (χ2n) is 6.20. The number of piperidine rings is 1. The van der Waals surface area contributed by atoms with Crippen LogP contribution < -0.4 is 0 Å². The first kappa shape index (κ1) is 15.7. The molecule has 1 amide bonds. The van der Waals surface area contributed by atoms with Gasteiger partial charge in [0.15, 0.2) is 0 Å². The Kier molecular flexibility index (Phi) is 5.05. The van der Waals surface area contributed by atoms with Crippen LogP contribution in [0.2, 0.25) is 0 Å². The Morgan fingerprint density at radius 1 is 1.30 bits per heavy atom. The normalized spacial score (nSPS) is 18.1. The van der Waals surface area contributed by atoms with E-state index >= 15 is 0 Å². The van der Waals surface area contributed by atoms with Gasteiger partial charge in [0.25, 0.3) is 0 Å². The highest BCUT2D eigenvalue weighted by molar-refractivity contribution is 5.76. The highest BCUT2D eigenvalue weighted by Gasteiger charge is 2.24. The molecule has 2 aromatic heterocycles. The third kappa shape index (κ3) is 3.97. The Balaban J connectivity index is 1.58. The van der Waals surface area contributed by atoms with E-state index in [9.17, 15) is 4.79 Å². The Morgan fingerprint density at radius 3 is 3.00 bits per heavy atom. The van der Waals surface area contributed by atoms with E-state index in [4.69, 9.17) is 0 Å². The van der Waals surface area contributed by atoms with E-state index in [-0.39, 0.29) is 5.91 Å². The Morgan fingerprint density at radius 2 is 2.22 bits per heavy atom. The van der Waals surface area contributed by atoms with E-state index in [1.54, 1.807) is 6.20 Å². The van der Waals surface area contributed by atoms with Gasteiger partial charge in [-0.3, -0.25) is 9.78 Å². The standard InChI is InChI=1S/C18H24N4O/c1-2-17-20-9-11-21(17)14-18(23)22-10-5-6-15(13-22)12-16-7-3-4-8-19-16/h3-4,7-9,11,15H,2,5-6,10,12-14H2,1H3/t15-/m1/s1. The summed E-state index contributed by atoms with van der Waals surface area (Å²) >= 11 is 0. The van der Waals surface area contributed by atoms with Crippen molar-refractivity contribution in [3.05, 3.63) is 48.3 Å². The minimum Gasteiger partial charge on any atom is -0.341 e. The van der Waals surface area contributed by atoms with Crippen molar-refractivity contribution >= 4 is 5.91 Å². The summed E-state index contributed by atoms with van der Waals surface area (Å²) in [5.41, 5.74) is 1.12. The Hall–Kier alpha value is -2.17. The maximum atomic E-state index is 12.6. The van der Waals surface area contributed by atoms with Crippen LogP contribution in [0.3, 0.4) is 0 Å². The fourth-order valence-corrected chi connectivity index (χ4v) is 3.32. The van der Waals surface area contributed by atoms with Gasteiger partial charge in [-0.2, -0.15) is 0 Å². The predicted molar refractivity (Wildman–Crippen MR) is 88.9 cm³/mol. The SMILES string of the molecule is CCc1nccn1CC(=O)N1CCC[C@H](Cc2ccccn2)C1. The average Bonchev–Trinajstić information content (AvgIpc) is 3.03. The molecule has 0 unspecified atom stereocenters. The summed E-state index contributed by atoms with van der Waals surface area (Å²) < 4.78 is 1.96. The van der Waals surface area contributed by atoms with Crippen LogP contribution in [0.1, 0.15) is 31.3 Å². The second kappa shape index (κ2) is 7.40. The highest BCUT2D eigenvalue weighted by Crippen LogP contribution is 2.20. The zero-order chi connectivity index (χ0) is 16.1. The molecule has 1 aliphatic heterocycles. The van der Waals surface area contributed by atoms with Crippen LogP contribution in [0.5, 0.6) is 0 Å². The molecule has 23 heavy (non-hydrogen) atoms. The fourth-order valence-electron chi connectivity index (χ4n) is 3.32. The number of hydrogen-bond acceptors (Lipinski definition) is 3. The number of aromatic nitrogens is 3. The van der Waals surface area contributed by atoms with Gasteiger partial charge in [-0.15, -0.1) is 0 Å². The van der Waals surface area contributed by atoms with Crippen molar-refractivity contribution in [1.82, 2.24) is 19.4 Å². The van der Waals surface area contributed by atoms with Crippen LogP contribution in [0.4, 0.5) is 0 Å². The molecule has 3 heterocycles. The lowest BCUT2D eigenvalue weighted by atomic mass is 9.93. The van der Waals surface area contributed by atoms with Gasteiger partial charge in [0, 0.05) is 43.8 Å². The van der Waals surface area contributed by atoms with Gasteiger partial charge in [0.2, 0.25) is 5.91 Å². The van der Waals surface area contributed by atoms with Crippen LogP contribution in [0.25, 0.3) is 0 Å². The van der Waals surface area contributed by atoms with E-state index in [1.165, 1.54) is 6.42 Å². The van der Waals surface area contributed by atoms with Gasteiger partial charge in [-0.25, -0.2) is 4.98 Å². The molecule has 5 heteroatoms. The third-order valence-electron chi connectivity index (χ3n) is 4.52. The van der Waals surface area contributed by atoms with Crippen molar-refractivity contribution in [2.45, 2.75) is 39.2 Å². The van der Waals surface area contributed by atoms with Crippen LogP contribution >= 0.6 is 0 Å². The van der Waals surface area contributed by atoms with Gasteiger partial charge in [-0.05, 0) is 37.3 Å². The zero-order valence-corrected chi connectivity index (χ0v) is 13.7. The minimum atomic E-state index is 0.198. The molecule has 0 N–H and O–H groups in total. The first-order valence-electron chi connectivity index (χ1n) is 8.44. The van der Waals surface area contributed by atoms with E-state index in [2.05, 4.69) is 23.0 Å². The minimum absolute atomic E-state index is 0.198. The molecular weight excluding hydrogens is 288 g/mol. The third-order valence-corrected chi connectivity index (χ3v) is 4.52. The molecule has 0 radical (unpaired) electrons. The number of nitrogens with zero attached hydrogens (tertiary/aromatic N) is 4. The number of aryl methyl sites for hydroxylation is 1. The number of likely N-dealkylation sites (tertiary alicyclic amines) is 1. The average molecular weight is 312 g/mol. The number of amides is 1. The van der Waals surface area contributed by atoms with E-state index in [0.29, 0.717) is 12.5 Å². The number of pyridine rings is 1. The summed E-state index contributed by atoms with van der Waals surface area (Å²) in [4.78, 5) is 23.3. The summed E-state index contributed by atoms with van der Waals surface area (Å²) in [5.74, 6) is 1.68. The summed E-state index contributed by atoms with van der Waals surface area (Å²) in [6, 6.07) is 6.04. The molecule has 0 bridgehead atoms. The smallest absolute Gasteiger partial charge is 0.242 e. The molecular formula is C18H24N4O. The topological polar surface area (TPSA) is 51.0 Å². The molecule has 3 rings (SSSR count). The van der Waals surface area contributed by atoms with Crippen molar-refractivity contribution < 1.29 is 4.79 Å². The van der Waals surface area contributed by atoms with E-state index in [1.807, 2.05) is 34.0 Å². The van der Waals surface area contributed by atoms with Crippen LogP contribution in [-0.2, 0) is 24.2 Å². The van der Waals surface area contributed by atoms with Crippen molar-refractivity contribution in [2.75, 3.05) is 13.1 Å². The molecule has 0 saturated carbocycles. The van der Waals surface area contributed by atoms with Gasteiger partial charge >= 0.3 is 0 Å². The number of hydrogen-bond donors (Lipinski definition) is 0. The maximum Gasteiger partial charge on any atom is 0.242 e. The molecule has 0 spiro atoms. The first-order valence-corrected chi connectivity index (χ1v) is 8.44.